The second-order valence-corrected chi connectivity index (χ2v) is 7.82. The van der Waals surface area contributed by atoms with E-state index in [0.717, 1.165) is 0 Å². The van der Waals surface area contributed by atoms with Gasteiger partial charge in [-0.2, -0.15) is 0 Å². The molecular weight excluding hydrogens is 375 g/mol. The summed E-state index contributed by atoms with van der Waals surface area (Å²) in [5.41, 5.74) is 0.863. The van der Waals surface area contributed by atoms with Crippen LogP contribution in [0.4, 0.5) is 10.1 Å². The van der Waals surface area contributed by atoms with E-state index in [1.165, 1.54) is 38.4 Å². The number of hydrogen-bond acceptors (Lipinski definition) is 5. The number of ketones is 1. The van der Waals surface area contributed by atoms with Crippen LogP contribution in [0.1, 0.15) is 49.7 Å². The van der Waals surface area contributed by atoms with E-state index in [-0.39, 0.29) is 29.2 Å². The number of methoxy groups -OCH3 is 1. The molecule has 7 heteroatoms. The second kappa shape index (κ2) is 7.91. The van der Waals surface area contributed by atoms with Gasteiger partial charge in [-0.15, -0.1) is 0 Å². The fourth-order valence-electron chi connectivity index (χ4n) is 3.73. The Hall–Kier alpha value is -2.80. The van der Waals surface area contributed by atoms with Crippen molar-refractivity contribution in [2.24, 2.45) is 5.92 Å². The van der Waals surface area contributed by atoms with Crippen molar-refractivity contribution < 1.29 is 23.5 Å². The lowest BCUT2D eigenvalue weighted by Gasteiger charge is -2.25. The molecule has 1 aromatic heterocycles. The zero-order valence-electron chi connectivity index (χ0n) is 17.2. The molecule has 0 unspecified atom stereocenters. The molecule has 0 bridgehead atoms. The molecule has 1 aromatic carbocycles. The number of Topliss-reactive ketones (excluding diaryl/α,β-unsaturated/α-hetero) is 1. The summed E-state index contributed by atoms with van der Waals surface area (Å²) in [6.45, 7) is 7.26. The van der Waals surface area contributed by atoms with Gasteiger partial charge in [-0.25, -0.2) is 4.39 Å². The molecule has 1 N–H and O–H groups in total. The highest BCUT2D eigenvalue weighted by Gasteiger charge is 2.51. The van der Waals surface area contributed by atoms with Crippen molar-refractivity contribution in [2.75, 3.05) is 12.4 Å². The van der Waals surface area contributed by atoms with Crippen LogP contribution in [-0.4, -0.2) is 35.5 Å². The van der Waals surface area contributed by atoms with Gasteiger partial charge >= 0.3 is 0 Å². The maximum absolute atomic E-state index is 13.7. The normalized spacial score (nSPS) is 22.9. The van der Waals surface area contributed by atoms with E-state index in [2.05, 4.69) is 10.3 Å². The molecule has 29 heavy (non-hydrogen) atoms. The van der Waals surface area contributed by atoms with Crippen molar-refractivity contribution >= 4 is 17.4 Å². The van der Waals surface area contributed by atoms with E-state index in [1.54, 1.807) is 12.1 Å². The van der Waals surface area contributed by atoms with Gasteiger partial charge in [-0.1, -0.05) is 13.0 Å². The molecule has 2 heterocycles. The summed E-state index contributed by atoms with van der Waals surface area (Å²) in [5, 5.41) is 2.82. The van der Waals surface area contributed by atoms with Crippen LogP contribution < -0.4 is 10.1 Å². The number of ether oxygens (including phenoxy) is 2. The van der Waals surface area contributed by atoms with Crippen LogP contribution in [0.5, 0.6) is 5.75 Å². The molecule has 1 aliphatic rings. The van der Waals surface area contributed by atoms with Gasteiger partial charge in [-0.3, -0.25) is 14.6 Å². The van der Waals surface area contributed by atoms with E-state index in [9.17, 15) is 14.0 Å². The predicted octanol–water partition coefficient (Wildman–Crippen LogP) is 3.97. The minimum absolute atomic E-state index is 0.0390. The minimum Gasteiger partial charge on any atom is -0.496 e. The Morgan fingerprint density at radius 2 is 1.97 bits per heavy atom. The molecule has 6 nitrogen and oxygen atoms in total. The minimum atomic E-state index is -0.812. The molecule has 0 spiro atoms. The number of aromatic nitrogens is 1. The molecule has 0 radical (unpaired) electrons. The second-order valence-electron chi connectivity index (χ2n) is 7.82. The average molecular weight is 400 g/mol. The summed E-state index contributed by atoms with van der Waals surface area (Å²) < 4.78 is 25.2. The number of carbonyl (C=O) groups excluding carboxylic acids is 2. The Labute approximate surface area is 169 Å². The van der Waals surface area contributed by atoms with Gasteiger partial charge in [0, 0.05) is 36.4 Å². The van der Waals surface area contributed by atoms with Crippen molar-refractivity contribution in [3.63, 3.8) is 0 Å². The Balaban J connectivity index is 1.95. The van der Waals surface area contributed by atoms with Crippen LogP contribution in [-0.2, 0) is 9.53 Å². The average Bonchev–Trinajstić information content (AvgIpc) is 2.91. The van der Waals surface area contributed by atoms with Crippen LogP contribution in [0, 0.1) is 11.7 Å². The maximum Gasteiger partial charge on any atom is 0.254 e. The molecule has 1 amide bonds. The number of rotatable bonds is 5. The van der Waals surface area contributed by atoms with Crippen LogP contribution in [0.15, 0.2) is 36.5 Å². The van der Waals surface area contributed by atoms with E-state index < -0.39 is 17.5 Å². The summed E-state index contributed by atoms with van der Waals surface area (Å²) in [4.78, 5) is 28.7. The largest absolute Gasteiger partial charge is 0.496 e. The first kappa shape index (κ1) is 20.9. The molecule has 154 valence electrons. The SMILES string of the molecule is COc1cc(F)ccc1[C@H]1[C@@H](C(=O)Nc2ccnc(C(C)=O)c2)OC(C)(C)[C@H]1C. The number of nitrogens with zero attached hydrogens (tertiary/aromatic N) is 1. The maximum atomic E-state index is 13.7. The summed E-state index contributed by atoms with van der Waals surface area (Å²) in [5.74, 6) is -0.950. The number of amides is 1. The van der Waals surface area contributed by atoms with Gasteiger partial charge < -0.3 is 14.8 Å². The Morgan fingerprint density at radius 3 is 2.62 bits per heavy atom. The molecule has 1 fully saturated rings. The summed E-state index contributed by atoms with van der Waals surface area (Å²) in [7, 11) is 1.47. The monoisotopic (exact) mass is 400 g/mol. The molecule has 1 saturated heterocycles. The highest BCUT2D eigenvalue weighted by atomic mass is 19.1. The van der Waals surface area contributed by atoms with Crippen LogP contribution >= 0.6 is 0 Å². The molecule has 2 aromatic rings. The predicted molar refractivity (Wildman–Crippen MR) is 107 cm³/mol. The van der Waals surface area contributed by atoms with Gasteiger partial charge in [0.15, 0.2) is 5.78 Å². The van der Waals surface area contributed by atoms with Gasteiger partial charge in [0.1, 0.15) is 23.4 Å². The lowest BCUT2D eigenvalue weighted by atomic mass is 9.78. The number of hydrogen-bond donors (Lipinski definition) is 1. The van der Waals surface area contributed by atoms with Crippen LogP contribution in [0.25, 0.3) is 0 Å². The third-order valence-corrected chi connectivity index (χ3v) is 5.59. The highest BCUT2D eigenvalue weighted by Crippen LogP contribution is 2.48. The Morgan fingerprint density at radius 1 is 1.24 bits per heavy atom. The van der Waals surface area contributed by atoms with Crippen molar-refractivity contribution in [3.8, 4) is 5.75 Å². The summed E-state index contributed by atoms with van der Waals surface area (Å²) in [6.07, 6.45) is 0.655. The van der Waals surface area contributed by atoms with Gasteiger partial charge in [-0.05, 0) is 38.0 Å². The van der Waals surface area contributed by atoms with Crippen LogP contribution in [0.2, 0.25) is 0 Å². The third-order valence-electron chi connectivity index (χ3n) is 5.59. The number of halogens is 1. The first-order valence-electron chi connectivity index (χ1n) is 9.43. The number of carbonyl (C=O) groups is 2. The number of benzene rings is 1. The molecule has 0 saturated carbocycles. The lowest BCUT2D eigenvalue weighted by Crippen LogP contribution is -2.33. The van der Waals surface area contributed by atoms with E-state index in [4.69, 9.17) is 9.47 Å². The fraction of sp³-hybridized carbons (Fsp3) is 0.409. The standard InChI is InChI=1S/C22H25FN2O4/c1-12-19(16-7-6-14(23)10-18(16)28-5)20(29-22(12,3)4)21(27)25-15-8-9-24-17(11-15)13(2)26/h6-12,19-20H,1-5H3,(H,24,25,27)/t12-,19-,20-/m0/s1. The summed E-state index contributed by atoms with van der Waals surface area (Å²) in [6, 6.07) is 7.44. The third kappa shape index (κ3) is 4.15. The van der Waals surface area contributed by atoms with Crippen LogP contribution in [0.3, 0.4) is 0 Å². The van der Waals surface area contributed by atoms with Gasteiger partial charge in [0.25, 0.3) is 5.91 Å². The quantitative estimate of drug-likeness (QED) is 0.769. The lowest BCUT2D eigenvalue weighted by molar-refractivity contribution is -0.131. The van der Waals surface area contributed by atoms with Crippen molar-refractivity contribution in [2.45, 2.75) is 45.3 Å². The number of nitrogens with one attached hydrogen (secondary N) is 1. The first-order valence-corrected chi connectivity index (χ1v) is 9.43. The van der Waals surface area contributed by atoms with Gasteiger partial charge in [0.05, 0.1) is 12.7 Å². The van der Waals surface area contributed by atoms with E-state index >= 15 is 0 Å². The zero-order valence-corrected chi connectivity index (χ0v) is 17.2. The smallest absolute Gasteiger partial charge is 0.254 e. The van der Waals surface area contributed by atoms with Gasteiger partial charge in [0.2, 0.25) is 0 Å². The first-order chi connectivity index (χ1) is 13.6. The van der Waals surface area contributed by atoms with E-state index in [0.29, 0.717) is 17.0 Å². The Kier molecular flexibility index (Phi) is 5.71. The van der Waals surface area contributed by atoms with Crippen molar-refractivity contribution in [1.29, 1.82) is 0 Å². The molecular formula is C22H25FN2O4. The summed E-state index contributed by atoms with van der Waals surface area (Å²) >= 11 is 0. The molecule has 3 atom stereocenters. The number of pyridine rings is 1. The zero-order chi connectivity index (χ0) is 21.3. The highest BCUT2D eigenvalue weighted by molar-refractivity contribution is 5.97. The number of anilines is 1. The van der Waals surface area contributed by atoms with E-state index in [1.807, 2.05) is 20.8 Å². The van der Waals surface area contributed by atoms with Crippen molar-refractivity contribution in [3.05, 3.63) is 53.6 Å². The molecule has 0 aliphatic carbocycles. The topological polar surface area (TPSA) is 77.5 Å². The molecule has 3 rings (SSSR count). The molecule has 1 aliphatic heterocycles. The van der Waals surface area contributed by atoms with Crippen molar-refractivity contribution in [1.82, 2.24) is 4.98 Å². The Bertz CT molecular complexity index is 944. The fourth-order valence-corrected chi connectivity index (χ4v) is 3.73.